The number of fused-ring (bicyclic) bond motifs is 1. The zero-order chi connectivity index (χ0) is 14.7. The van der Waals surface area contributed by atoms with Crippen LogP contribution in [0.1, 0.15) is 23.6 Å². The van der Waals surface area contributed by atoms with Gasteiger partial charge in [0.2, 0.25) is 0 Å². The third-order valence-corrected chi connectivity index (χ3v) is 5.14. The number of aryl methyl sites for hydroxylation is 1. The van der Waals surface area contributed by atoms with Gasteiger partial charge in [-0.05, 0) is 43.1 Å². The van der Waals surface area contributed by atoms with Crippen LogP contribution >= 0.6 is 11.8 Å². The second kappa shape index (κ2) is 6.45. The molecular formula is C16H19N3OS. The lowest BCUT2D eigenvalue weighted by Crippen LogP contribution is -2.32. The number of hydrogen-bond donors (Lipinski definition) is 1. The normalized spacial score (nSPS) is 20.9. The summed E-state index contributed by atoms with van der Waals surface area (Å²) in [5, 5.41) is 4.91. The van der Waals surface area contributed by atoms with E-state index in [0.717, 1.165) is 23.6 Å². The van der Waals surface area contributed by atoms with E-state index in [1.54, 1.807) is 31.3 Å². The minimum atomic E-state index is 0.326. The summed E-state index contributed by atoms with van der Waals surface area (Å²) in [5.74, 6) is 0.934. The van der Waals surface area contributed by atoms with Crippen molar-refractivity contribution in [1.29, 1.82) is 0 Å². The number of methoxy groups -OCH3 is 1. The van der Waals surface area contributed by atoms with Crippen molar-refractivity contribution in [3.05, 3.63) is 47.9 Å². The van der Waals surface area contributed by atoms with Crippen molar-refractivity contribution in [2.45, 2.75) is 29.2 Å². The highest BCUT2D eigenvalue weighted by molar-refractivity contribution is 7.99. The highest BCUT2D eigenvalue weighted by Crippen LogP contribution is 2.40. The molecule has 0 fully saturated rings. The zero-order valence-corrected chi connectivity index (χ0v) is 13.1. The molecule has 1 aromatic heterocycles. The van der Waals surface area contributed by atoms with Gasteiger partial charge in [0.25, 0.3) is 0 Å². The topological polar surface area (TPSA) is 47.0 Å². The Morgan fingerprint density at radius 2 is 2.24 bits per heavy atom. The third kappa shape index (κ3) is 3.04. The summed E-state index contributed by atoms with van der Waals surface area (Å²) < 4.78 is 5.33. The molecule has 1 aliphatic rings. The largest absolute Gasteiger partial charge is 0.497 e. The first-order valence-electron chi connectivity index (χ1n) is 7.08. The predicted molar refractivity (Wildman–Crippen MR) is 84.8 cm³/mol. The number of nitrogens with one attached hydrogen (secondary N) is 1. The predicted octanol–water partition coefficient (Wildman–Crippen LogP) is 2.85. The van der Waals surface area contributed by atoms with Crippen LogP contribution in [0.2, 0.25) is 0 Å². The highest BCUT2D eigenvalue weighted by atomic mass is 32.2. The van der Waals surface area contributed by atoms with Gasteiger partial charge in [0.15, 0.2) is 0 Å². The quantitative estimate of drug-likeness (QED) is 0.941. The van der Waals surface area contributed by atoms with Gasteiger partial charge in [0.1, 0.15) is 10.8 Å². The van der Waals surface area contributed by atoms with Crippen LogP contribution in [-0.4, -0.2) is 29.4 Å². The van der Waals surface area contributed by atoms with E-state index in [1.165, 1.54) is 11.1 Å². The summed E-state index contributed by atoms with van der Waals surface area (Å²) in [7, 11) is 3.74. The molecule has 0 amide bonds. The van der Waals surface area contributed by atoms with E-state index in [9.17, 15) is 0 Å². The molecule has 3 rings (SSSR count). The highest BCUT2D eigenvalue weighted by Gasteiger charge is 2.29. The van der Waals surface area contributed by atoms with Gasteiger partial charge in [-0.3, -0.25) is 4.98 Å². The lowest BCUT2D eigenvalue weighted by molar-refractivity contribution is 0.412. The second-order valence-corrected chi connectivity index (χ2v) is 6.33. The summed E-state index contributed by atoms with van der Waals surface area (Å²) in [6, 6.07) is 6.70. The molecular weight excluding hydrogens is 282 g/mol. The Morgan fingerprint density at radius 3 is 2.95 bits per heavy atom. The average Bonchev–Trinajstić information content (AvgIpc) is 2.55. The first kappa shape index (κ1) is 14.4. The number of benzene rings is 1. The molecule has 1 aromatic carbocycles. The summed E-state index contributed by atoms with van der Waals surface area (Å²) in [5.41, 5.74) is 2.75. The van der Waals surface area contributed by atoms with Crippen LogP contribution in [0.3, 0.4) is 0 Å². The molecule has 2 aromatic rings. The van der Waals surface area contributed by atoms with Gasteiger partial charge in [-0.1, -0.05) is 17.8 Å². The van der Waals surface area contributed by atoms with Crippen LogP contribution in [0.15, 0.2) is 41.8 Å². The fraction of sp³-hybridized carbons (Fsp3) is 0.375. The molecule has 2 unspecified atom stereocenters. The molecule has 0 aliphatic heterocycles. The monoisotopic (exact) mass is 301 g/mol. The van der Waals surface area contributed by atoms with Crippen LogP contribution < -0.4 is 10.1 Å². The van der Waals surface area contributed by atoms with Gasteiger partial charge in [-0.2, -0.15) is 0 Å². The first-order chi connectivity index (χ1) is 10.3. The smallest absolute Gasteiger partial charge is 0.119 e. The van der Waals surface area contributed by atoms with Crippen molar-refractivity contribution in [1.82, 2.24) is 15.3 Å². The van der Waals surface area contributed by atoms with E-state index in [-0.39, 0.29) is 0 Å². The van der Waals surface area contributed by atoms with E-state index >= 15 is 0 Å². The Bertz CT molecular complexity index is 606. The molecule has 0 saturated heterocycles. The molecule has 0 bridgehead atoms. The minimum absolute atomic E-state index is 0.326. The van der Waals surface area contributed by atoms with Crippen molar-refractivity contribution in [3.63, 3.8) is 0 Å². The molecule has 21 heavy (non-hydrogen) atoms. The number of aromatic nitrogens is 2. The summed E-state index contributed by atoms with van der Waals surface area (Å²) in [6.45, 7) is 0. The Balaban J connectivity index is 1.84. The van der Waals surface area contributed by atoms with E-state index in [1.807, 2.05) is 19.3 Å². The van der Waals surface area contributed by atoms with Crippen molar-refractivity contribution >= 4 is 11.8 Å². The van der Waals surface area contributed by atoms with Gasteiger partial charge >= 0.3 is 0 Å². The fourth-order valence-corrected chi connectivity index (χ4v) is 4.07. The van der Waals surface area contributed by atoms with Crippen molar-refractivity contribution in [2.75, 3.05) is 14.2 Å². The summed E-state index contributed by atoms with van der Waals surface area (Å²) in [6.07, 6.45) is 7.48. The Kier molecular flexibility index (Phi) is 4.41. The Hall–Kier alpha value is -1.59. The van der Waals surface area contributed by atoms with Gasteiger partial charge in [0.05, 0.1) is 13.3 Å². The molecule has 0 spiro atoms. The average molecular weight is 301 g/mol. The van der Waals surface area contributed by atoms with E-state index < -0.39 is 0 Å². The van der Waals surface area contributed by atoms with Crippen LogP contribution in [0.4, 0.5) is 0 Å². The van der Waals surface area contributed by atoms with Crippen molar-refractivity contribution in [3.8, 4) is 5.75 Å². The molecule has 0 saturated carbocycles. The van der Waals surface area contributed by atoms with Crippen LogP contribution in [0.5, 0.6) is 5.75 Å². The minimum Gasteiger partial charge on any atom is -0.497 e. The molecule has 5 heteroatoms. The van der Waals surface area contributed by atoms with Crippen molar-refractivity contribution in [2.24, 2.45) is 0 Å². The molecule has 1 aliphatic carbocycles. The Morgan fingerprint density at radius 1 is 1.33 bits per heavy atom. The third-order valence-electron chi connectivity index (χ3n) is 3.88. The van der Waals surface area contributed by atoms with Gasteiger partial charge in [-0.15, -0.1) is 0 Å². The molecule has 4 nitrogen and oxygen atoms in total. The zero-order valence-electron chi connectivity index (χ0n) is 12.2. The molecule has 1 N–H and O–H groups in total. The molecule has 110 valence electrons. The maximum Gasteiger partial charge on any atom is 0.119 e. The number of nitrogens with zero attached hydrogens (tertiary/aromatic N) is 2. The van der Waals surface area contributed by atoms with Gasteiger partial charge in [-0.25, -0.2) is 4.98 Å². The van der Waals surface area contributed by atoms with E-state index in [2.05, 4.69) is 27.4 Å². The van der Waals surface area contributed by atoms with Crippen LogP contribution in [0.25, 0.3) is 0 Å². The van der Waals surface area contributed by atoms with Crippen LogP contribution in [0, 0.1) is 0 Å². The maximum absolute atomic E-state index is 5.33. The standard InChI is InChI=1S/C16H19N3OS/c1-17-16-13-5-4-12(20-2)9-11(13)3-6-14(16)21-15-10-18-7-8-19-15/h4-5,7-10,14,16-17H,3,6H2,1-2H3. The number of thioether (sulfide) groups is 1. The van der Waals surface area contributed by atoms with Crippen LogP contribution in [-0.2, 0) is 6.42 Å². The van der Waals surface area contributed by atoms with E-state index in [4.69, 9.17) is 4.74 Å². The lowest BCUT2D eigenvalue weighted by Gasteiger charge is -2.33. The summed E-state index contributed by atoms with van der Waals surface area (Å²) >= 11 is 1.80. The number of hydrogen-bond acceptors (Lipinski definition) is 5. The molecule has 2 atom stereocenters. The second-order valence-electron chi connectivity index (χ2n) is 5.07. The maximum atomic E-state index is 5.33. The first-order valence-corrected chi connectivity index (χ1v) is 7.96. The lowest BCUT2D eigenvalue weighted by atomic mass is 9.87. The number of ether oxygens (including phenoxy) is 1. The summed E-state index contributed by atoms with van der Waals surface area (Å²) in [4.78, 5) is 8.53. The molecule has 0 radical (unpaired) electrons. The van der Waals surface area contributed by atoms with E-state index in [0.29, 0.717) is 11.3 Å². The van der Waals surface area contributed by atoms with Crippen molar-refractivity contribution < 1.29 is 4.74 Å². The SMILES string of the molecule is CNC1c2ccc(OC)cc2CCC1Sc1cnccn1. The fourth-order valence-electron chi connectivity index (χ4n) is 2.86. The van der Waals surface area contributed by atoms with Gasteiger partial charge < -0.3 is 10.1 Å². The Labute approximate surface area is 129 Å². The van der Waals surface area contributed by atoms with Gasteiger partial charge in [0, 0.05) is 23.7 Å². The number of rotatable bonds is 4. The molecule has 1 heterocycles.